The third kappa shape index (κ3) is 8.74. The van der Waals surface area contributed by atoms with Crippen LogP contribution in [0.2, 0.25) is 0 Å². The number of carboxylic acids is 2. The molecule has 1 amide bonds. The van der Waals surface area contributed by atoms with Gasteiger partial charge in [-0.05, 0) is 47.5 Å². The third-order valence-electron chi connectivity index (χ3n) is 4.62. The lowest BCUT2D eigenvalue weighted by Crippen LogP contribution is -2.50. The van der Waals surface area contributed by atoms with E-state index in [0.717, 1.165) is 12.8 Å². The molecule has 1 rings (SSSR count). The van der Waals surface area contributed by atoms with Gasteiger partial charge >= 0.3 is 11.9 Å². The molecule has 0 aromatic rings. The Kier molecular flexibility index (Phi) is 9.78. The summed E-state index contributed by atoms with van der Waals surface area (Å²) in [6.07, 6.45) is 1.90. The fraction of sp³-hybridized carbons (Fsp3) is 0.842. The zero-order valence-electron chi connectivity index (χ0n) is 17.7. The summed E-state index contributed by atoms with van der Waals surface area (Å²) in [5.41, 5.74) is -1.34. The summed E-state index contributed by atoms with van der Waals surface area (Å²) in [6.45, 7) is 8.51. The number of carboxylic acid groups (broad SMARTS) is 2. The zero-order chi connectivity index (χ0) is 22.4. The lowest BCUT2D eigenvalue weighted by atomic mass is 9.93. The molecule has 1 fully saturated rings. The van der Waals surface area contributed by atoms with Crippen LogP contribution >= 0.6 is 23.5 Å². The first-order valence-corrected chi connectivity index (χ1v) is 11.7. The second kappa shape index (κ2) is 10.9. The minimum atomic E-state index is -1.11. The Morgan fingerprint density at radius 1 is 0.931 bits per heavy atom. The summed E-state index contributed by atoms with van der Waals surface area (Å²) in [5.74, 6) is -1.81. The SMILES string of the molecule is CC(C)(C)NC(CSC1CCC1SCC(NC(=O)C(C)(C)CO)C(=O)O)C(=O)O. The highest BCUT2D eigenvalue weighted by Crippen LogP contribution is 2.40. The van der Waals surface area contributed by atoms with Gasteiger partial charge in [0.25, 0.3) is 0 Å². The van der Waals surface area contributed by atoms with Crippen LogP contribution in [-0.4, -0.2) is 79.4 Å². The van der Waals surface area contributed by atoms with Crippen LogP contribution in [0, 0.1) is 5.41 Å². The van der Waals surface area contributed by atoms with E-state index in [-0.39, 0.29) is 28.4 Å². The van der Waals surface area contributed by atoms with Crippen LogP contribution in [0.15, 0.2) is 0 Å². The molecule has 0 spiro atoms. The van der Waals surface area contributed by atoms with Crippen LogP contribution < -0.4 is 10.6 Å². The molecule has 0 saturated heterocycles. The van der Waals surface area contributed by atoms with Crippen LogP contribution in [0.4, 0.5) is 0 Å². The number of aliphatic hydroxyl groups is 1. The number of amides is 1. The lowest BCUT2D eigenvalue weighted by molar-refractivity contribution is -0.143. The third-order valence-corrected chi connectivity index (χ3v) is 7.83. The predicted octanol–water partition coefficient (Wildman–Crippen LogP) is 1.41. The van der Waals surface area contributed by atoms with Gasteiger partial charge in [0.1, 0.15) is 12.1 Å². The summed E-state index contributed by atoms with van der Waals surface area (Å²) >= 11 is 3.09. The minimum Gasteiger partial charge on any atom is -0.480 e. The average Bonchev–Trinajstić information content (AvgIpc) is 2.57. The molecule has 1 saturated carbocycles. The molecular formula is C19H34N2O6S2. The van der Waals surface area contributed by atoms with Crippen molar-refractivity contribution in [2.75, 3.05) is 18.1 Å². The average molecular weight is 451 g/mol. The molecule has 168 valence electrons. The molecule has 0 aromatic carbocycles. The number of aliphatic hydroxyl groups excluding tert-OH is 1. The first kappa shape index (κ1) is 26.1. The Hall–Kier alpha value is -0.970. The number of hydrogen-bond acceptors (Lipinski definition) is 7. The minimum absolute atomic E-state index is 0.229. The van der Waals surface area contributed by atoms with E-state index in [1.165, 1.54) is 11.8 Å². The Morgan fingerprint density at radius 3 is 1.72 bits per heavy atom. The van der Waals surface area contributed by atoms with Gasteiger partial charge in [0.2, 0.25) is 5.91 Å². The molecule has 5 N–H and O–H groups in total. The largest absolute Gasteiger partial charge is 0.480 e. The smallest absolute Gasteiger partial charge is 0.327 e. The van der Waals surface area contributed by atoms with E-state index in [4.69, 9.17) is 0 Å². The number of rotatable bonds is 12. The van der Waals surface area contributed by atoms with E-state index >= 15 is 0 Å². The summed E-state index contributed by atoms with van der Waals surface area (Å²) in [5, 5.41) is 34.2. The number of nitrogens with one attached hydrogen (secondary N) is 2. The molecule has 4 atom stereocenters. The summed E-state index contributed by atoms with van der Waals surface area (Å²) in [6, 6.07) is -1.67. The normalized spacial score (nSPS) is 21.7. The molecule has 10 heteroatoms. The molecule has 4 unspecified atom stereocenters. The van der Waals surface area contributed by atoms with Gasteiger partial charge in [-0.3, -0.25) is 14.9 Å². The van der Waals surface area contributed by atoms with Crippen molar-refractivity contribution in [1.82, 2.24) is 10.6 Å². The van der Waals surface area contributed by atoms with E-state index in [1.807, 2.05) is 20.8 Å². The highest BCUT2D eigenvalue weighted by atomic mass is 32.2. The second-order valence-electron chi connectivity index (χ2n) is 9.01. The summed E-state index contributed by atoms with van der Waals surface area (Å²) < 4.78 is 0. The van der Waals surface area contributed by atoms with Crippen LogP contribution in [0.1, 0.15) is 47.5 Å². The number of aliphatic carboxylic acids is 2. The van der Waals surface area contributed by atoms with Crippen molar-refractivity contribution in [3.63, 3.8) is 0 Å². The van der Waals surface area contributed by atoms with E-state index in [2.05, 4.69) is 10.6 Å². The van der Waals surface area contributed by atoms with Crippen molar-refractivity contribution in [3.8, 4) is 0 Å². The first-order valence-electron chi connectivity index (χ1n) is 9.65. The summed E-state index contributed by atoms with van der Waals surface area (Å²) in [4.78, 5) is 35.1. The summed E-state index contributed by atoms with van der Waals surface area (Å²) in [7, 11) is 0. The van der Waals surface area contributed by atoms with E-state index in [0.29, 0.717) is 5.75 Å². The Bertz CT molecular complexity index is 594. The molecule has 0 aromatic heterocycles. The van der Waals surface area contributed by atoms with Crippen molar-refractivity contribution in [2.45, 2.75) is 75.6 Å². The molecule has 0 bridgehead atoms. The fourth-order valence-corrected chi connectivity index (χ4v) is 5.67. The van der Waals surface area contributed by atoms with Gasteiger partial charge in [-0.15, -0.1) is 0 Å². The first-order chi connectivity index (χ1) is 13.3. The highest BCUT2D eigenvalue weighted by Gasteiger charge is 2.36. The van der Waals surface area contributed by atoms with Crippen LogP contribution in [0.3, 0.4) is 0 Å². The van der Waals surface area contributed by atoms with Crippen molar-refractivity contribution in [3.05, 3.63) is 0 Å². The van der Waals surface area contributed by atoms with E-state index in [9.17, 15) is 29.7 Å². The predicted molar refractivity (Wildman–Crippen MR) is 116 cm³/mol. The lowest BCUT2D eigenvalue weighted by Gasteiger charge is -2.37. The molecule has 29 heavy (non-hydrogen) atoms. The number of carbonyl (C=O) groups is 3. The van der Waals surface area contributed by atoms with Crippen molar-refractivity contribution in [1.29, 1.82) is 0 Å². The van der Waals surface area contributed by atoms with E-state index in [1.54, 1.807) is 25.6 Å². The zero-order valence-corrected chi connectivity index (χ0v) is 19.4. The van der Waals surface area contributed by atoms with Crippen molar-refractivity contribution in [2.24, 2.45) is 5.41 Å². The maximum Gasteiger partial charge on any atom is 0.327 e. The Morgan fingerprint density at radius 2 is 1.38 bits per heavy atom. The molecule has 0 aliphatic heterocycles. The molecule has 0 heterocycles. The van der Waals surface area contributed by atoms with Gasteiger partial charge in [-0.2, -0.15) is 23.5 Å². The number of carbonyl (C=O) groups excluding carboxylic acids is 1. The molecule has 0 radical (unpaired) electrons. The molecule has 8 nitrogen and oxygen atoms in total. The van der Waals surface area contributed by atoms with Gasteiger partial charge in [0.15, 0.2) is 0 Å². The topological polar surface area (TPSA) is 136 Å². The van der Waals surface area contributed by atoms with Gasteiger partial charge < -0.3 is 20.6 Å². The number of thioether (sulfide) groups is 2. The van der Waals surface area contributed by atoms with Crippen LogP contribution in [0.25, 0.3) is 0 Å². The quantitative estimate of drug-likeness (QED) is 0.299. The Labute approximate surface area is 181 Å². The molecular weight excluding hydrogens is 416 g/mol. The van der Waals surface area contributed by atoms with Gasteiger partial charge in [-0.25, -0.2) is 4.79 Å². The van der Waals surface area contributed by atoms with Gasteiger partial charge in [0.05, 0.1) is 12.0 Å². The van der Waals surface area contributed by atoms with Crippen molar-refractivity contribution < 1.29 is 29.7 Å². The highest BCUT2D eigenvalue weighted by molar-refractivity contribution is 8.04. The van der Waals surface area contributed by atoms with Gasteiger partial charge in [-0.1, -0.05) is 0 Å². The fourth-order valence-electron chi connectivity index (χ4n) is 2.56. The molecule has 1 aliphatic rings. The van der Waals surface area contributed by atoms with E-state index < -0.39 is 35.3 Å². The monoisotopic (exact) mass is 450 g/mol. The van der Waals surface area contributed by atoms with Crippen LogP contribution in [0.5, 0.6) is 0 Å². The van der Waals surface area contributed by atoms with Gasteiger partial charge in [0, 0.05) is 27.5 Å². The van der Waals surface area contributed by atoms with Crippen molar-refractivity contribution >= 4 is 41.4 Å². The maximum absolute atomic E-state index is 12.1. The standard InChI is InChI=1S/C19H34N2O6S2/c1-18(2,3)21-12(16(25)26)9-29-14-7-6-13(14)28-8-11(15(23)24)20-17(27)19(4,5)10-22/h11-14,21-22H,6-10H2,1-5H3,(H,20,27)(H,23,24)(H,25,26). The number of hydrogen-bond donors (Lipinski definition) is 5. The Balaban J connectivity index is 2.53. The second-order valence-corrected chi connectivity index (χ2v) is 11.6. The van der Waals surface area contributed by atoms with Crippen LogP contribution in [-0.2, 0) is 14.4 Å². The molecule has 1 aliphatic carbocycles. The maximum atomic E-state index is 12.1.